The number of furan rings is 1. The highest BCUT2D eigenvalue weighted by atomic mass is 16.4. The number of rotatable bonds is 5. The molecule has 2 aromatic rings. The van der Waals surface area contributed by atoms with E-state index in [0.29, 0.717) is 29.0 Å². The normalized spacial score (nSPS) is 14.0. The fourth-order valence-electron chi connectivity index (χ4n) is 2.43. The van der Waals surface area contributed by atoms with Crippen LogP contribution in [0.5, 0.6) is 0 Å². The Morgan fingerprint density at radius 3 is 2.61 bits per heavy atom. The largest absolute Gasteiger partial charge is 0.478 e. The molecule has 0 saturated heterocycles. The van der Waals surface area contributed by atoms with E-state index in [9.17, 15) is 9.59 Å². The van der Waals surface area contributed by atoms with Gasteiger partial charge in [0.25, 0.3) is 5.91 Å². The number of oxazole rings is 1. The summed E-state index contributed by atoms with van der Waals surface area (Å²) < 4.78 is 11.0. The highest BCUT2D eigenvalue weighted by molar-refractivity contribution is 5.92. The lowest BCUT2D eigenvalue weighted by atomic mass is 10.2. The number of hydrogen-bond donors (Lipinski definition) is 1. The van der Waals surface area contributed by atoms with E-state index in [-0.39, 0.29) is 23.8 Å². The van der Waals surface area contributed by atoms with Crippen LogP contribution in [0.25, 0.3) is 0 Å². The van der Waals surface area contributed by atoms with Gasteiger partial charge in [0.05, 0.1) is 12.2 Å². The maximum absolute atomic E-state index is 12.5. The second kappa shape index (κ2) is 5.57. The zero-order valence-electron chi connectivity index (χ0n) is 13.3. The predicted octanol–water partition coefficient (Wildman–Crippen LogP) is 2.73. The minimum atomic E-state index is -1.05. The molecule has 1 amide bonds. The molecular weight excluding hydrogens is 300 g/mol. The molecule has 1 fully saturated rings. The molecule has 1 saturated carbocycles. The third kappa shape index (κ3) is 2.99. The molecule has 0 radical (unpaired) electrons. The van der Waals surface area contributed by atoms with Crippen molar-refractivity contribution in [2.75, 3.05) is 7.05 Å². The van der Waals surface area contributed by atoms with Crippen LogP contribution in [0.15, 0.2) is 14.9 Å². The zero-order valence-corrected chi connectivity index (χ0v) is 13.3. The molecule has 1 N–H and O–H groups in total. The van der Waals surface area contributed by atoms with Gasteiger partial charge in [0, 0.05) is 13.0 Å². The van der Waals surface area contributed by atoms with Gasteiger partial charge in [-0.15, -0.1) is 0 Å². The van der Waals surface area contributed by atoms with Crippen LogP contribution < -0.4 is 0 Å². The van der Waals surface area contributed by atoms with Crippen LogP contribution in [0.3, 0.4) is 0 Å². The minimum Gasteiger partial charge on any atom is -0.478 e. The van der Waals surface area contributed by atoms with Crippen molar-refractivity contribution in [2.45, 2.75) is 39.2 Å². The molecule has 0 unspecified atom stereocenters. The van der Waals surface area contributed by atoms with Gasteiger partial charge in [0.1, 0.15) is 17.1 Å². The van der Waals surface area contributed by atoms with Gasteiger partial charge < -0.3 is 18.8 Å². The first-order chi connectivity index (χ1) is 10.9. The van der Waals surface area contributed by atoms with Crippen molar-refractivity contribution < 1.29 is 23.5 Å². The first-order valence-electron chi connectivity index (χ1n) is 7.42. The molecule has 7 nitrogen and oxygen atoms in total. The van der Waals surface area contributed by atoms with Crippen molar-refractivity contribution >= 4 is 11.9 Å². The first kappa shape index (κ1) is 15.3. The van der Waals surface area contributed by atoms with Crippen LogP contribution in [0.4, 0.5) is 0 Å². The summed E-state index contributed by atoms with van der Waals surface area (Å²) in [6.07, 6.45) is 2.10. The molecule has 1 aliphatic rings. The Hall–Kier alpha value is -2.57. The van der Waals surface area contributed by atoms with Gasteiger partial charge in [-0.05, 0) is 32.8 Å². The molecule has 2 heterocycles. The second-order valence-corrected chi connectivity index (χ2v) is 5.89. The van der Waals surface area contributed by atoms with E-state index in [2.05, 4.69) is 4.98 Å². The average molecular weight is 318 g/mol. The quantitative estimate of drug-likeness (QED) is 0.910. The average Bonchev–Trinajstić information content (AvgIpc) is 3.17. The second-order valence-electron chi connectivity index (χ2n) is 5.89. The Labute approximate surface area is 132 Å². The molecule has 122 valence electrons. The maximum atomic E-state index is 12.5. The summed E-state index contributed by atoms with van der Waals surface area (Å²) in [6, 6.07) is 1.43. The van der Waals surface area contributed by atoms with E-state index in [0.717, 1.165) is 12.8 Å². The van der Waals surface area contributed by atoms with Gasteiger partial charge in [0.2, 0.25) is 5.76 Å². The summed E-state index contributed by atoms with van der Waals surface area (Å²) in [4.78, 5) is 29.2. The van der Waals surface area contributed by atoms with Gasteiger partial charge in [-0.1, -0.05) is 0 Å². The maximum Gasteiger partial charge on any atom is 0.339 e. The number of aromatic carboxylic acids is 1. The Balaban J connectivity index is 1.74. The molecular formula is C16H18N2O5. The van der Waals surface area contributed by atoms with Crippen LogP contribution in [0, 0.1) is 13.8 Å². The molecule has 0 atom stereocenters. The number of carboxylic acid groups (broad SMARTS) is 1. The van der Waals surface area contributed by atoms with Gasteiger partial charge >= 0.3 is 5.97 Å². The third-order valence-electron chi connectivity index (χ3n) is 3.87. The number of amides is 1. The number of carbonyl (C=O) groups excluding carboxylic acids is 1. The van der Waals surface area contributed by atoms with Gasteiger partial charge in [-0.25, -0.2) is 9.78 Å². The fourth-order valence-corrected chi connectivity index (χ4v) is 2.43. The number of hydrogen-bond acceptors (Lipinski definition) is 5. The zero-order chi connectivity index (χ0) is 16.7. The van der Waals surface area contributed by atoms with E-state index in [1.807, 2.05) is 0 Å². The van der Waals surface area contributed by atoms with Gasteiger partial charge in [-0.2, -0.15) is 0 Å². The van der Waals surface area contributed by atoms with Gasteiger partial charge in [0.15, 0.2) is 5.89 Å². The van der Waals surface area contributed by atoms with Crippen LogP contribution in [0.2, 0.25) is 0 Å². The SMILES string of the molecule is Cc1nc(C2CC2)oc1C(=O)N(C)Cc1cc(C(=O)O)c(C)o1. The van der Waals surface area contributed by atoms with Crippen molar-refractivity contribution in [2.24, 2.45) is 0 Å². The number of carbonyl (C=O) groups is 2. The Morgan fingerprint density at radius 2 is 2.04 bits per heavy atom. The van der Waals surface area contributed by atoms with Crippen molar-refractivity contribution in [1.29, 1.82) is 0 Å². The van der Waals surface area contributed by atoms with E-state index in [4.69, 9.17) is 13.9 Å². The predicted molar refractivity (Wildman–Crippen MR) is 79.4 cm³/mol. The summed E-state index contributed by atoms with van der Waals surface area (Å²) in [5.74, 6) is 0.582. The Kier molecular flexibility index (Phi) is 3.71. The van der Waals surface area contributed by atoms with Crippen molar-refractivity contribution in [1.82, 2.24) is 9.88 Å². The van der Waals surface area contributed by atoms with Crippen LogP contribution in [-0.4, -0.2) is 33.9 Å². The van der Waals surface area contributed by atoms with Crippen LogP contribution in [-0.2, 0) is 6.54 Å². The van der Waals surface area contributed by atoms with Crippen molar-refractivity contribution in [3.05, 3.63) is 40.5 Å². The van der Waals surface area contributed by atoms with E-state index >= 15 is 0 Å². The van der Waals surface area contributed by atoms with Crippen LogP contribution >= 0.6 is 0 Å². The number of aryl methyl sites for hydroxylation is 2. The molecule has 2 aromatic heterocycles. The molecule has 0 spiro atoms. The highest BCUT2D eigenvalue weighted by Crippen LogP contribution is 2.40. The van der Waals surface area contributed by atoms with Crippen LogP contribution in [0.1, 0.15) is 62.8 Å². The third-order valence-corrected chi connectivity index (χ3v) is 3.87. The summed E-state index contributed by atoms with van der Waals surface area (Å²) in [6.45, 7) is 3.49. The molecule has 1 aliphatic carbocycles. The summed E-state index contributed by atoms with van der Waals surface area (Å²) in [5.41, 5.74) is 0.679. The van der Waals surface area contributed by atoms with E-state index in [1.165, 1.54) is 11.0 Å². The summed E-state index contributed by atoms with van der Waals surface area (Å²) >= 11 is 0. The topological polar surface area (TPSA) is 96.8 Å². The monoisotopic (exact) mass is 318 g/mol. The van der Waals surface area contributed by atoms with Crippen molar-refractivity contribution in [3.63, 3.8) is 0 Å². The molecule has 23 heavy (non-hydrogen) atoms. The Bertz CT molecular complexity index is 770. The lowest BCUT2D eigenvalue weighted by Crippen LogP contribution is -2.26. The molecule has 0 bridgehead atoms. The lowest BCUT2D eigenvalue weighted by Gasteiger charge is -2.14. The lowest BCUT2D eigenvalue weighted by molar-refractivity contribution is 0.0693. The molecule has 0 aromatic carbocycles. The summed E-state index contributed by atoms with van der Waals surface area (Å²) in [5, 5.41) is 9.03. The standard InChI is InChI=1S/C16H18N2O5/c1-8-13(23-14(17-8)10-4-5-10)15(19)18(3)7-11-6-12(16(20)21)9(2)22-11/h6,10H,4-5,7H2,1-3H3,(H,20,21). The number of carboxylic acids is 1. The molecule has 0 aliphatic heterocycles. The Morgan fingerprint density at radius 1 is 1.35 bits per heavy atom. The number of nitrogens with zero attached hydrogens (tertiary/aromatic N) is 2. The van der Waals surface area contributed by atoms with E-state index in [1.54, 1.807) is 20.9 Å². The van der Waals surface area contributed by atoms with Crippen molar-refractivity contribution in [3.8, 4) is 0 Å². The number of aromatic nitrogens is 1. The molecule has 3 rings (SSSR count). The highest BCUT2D eigenvalue weighted by Gasteiger charge is 2.31. The fraction of sp³-hybridized carbons (Fsp3) is 0.438. The summed E-state index contributed by atoms with van der Waals surface area (Å²) in [7, 11) is 1.61. The smallest absolute Gasteiger partial charge is 0.339 e. The minimum absolute atomic E-state index is 0.104. The van der Waals surface area contributed by atoms with Gasteiger partial charge in [-0.3, -0.25) is 4.79 Å². The molecule has 7 heteroatoms. The van der Waals surface area contributed by atoms with E-state index < -0.39 is 5.97 Å². The first-order valence-corrected chi connectivity index (χ1v) is 7.42.